The van der Waals surface area contributed by atoms with E-state index in [0.29, 0.717) is 0 Å². The van der Waals surface area contributed by atoms with E-state index in [0.717, 1.165) is 36.7 Å². The van der Waals surface area contributed by atoms with Crippen LogP contribution in [-0.4, -0.2) is 31.5 Å². The molecule has 4 heteroatoms. The zero-order chi connectivity index (χ0) is 13.2. The molecule has 3 rings (SSSR count). The van der Waals surface area contributed by atoms with Crippen LogP contribution in [0.1, 0.15) is 31.2 Å². The van der Waals surface area contributed by atoms with Crippen molar-refractivity contribution in [2.45, 2.75) is 32.2 Å². The second-order valence-electron chi connectivity index (χ2n) is 5.10. The van der Waals surface area contributed by atoms with Crippen molar-refractivity contribution >= 4 is 11.5 Å². The molecule has 2 aliphatic rings. The predicted octanol–water partition coefficient (Wildman–Crippen LogP) is 3.12. The summed E-state index contributed by atoms with van der Waals surface area (Å²) in [6, 6.07) is 3.98. The number of hydrogen-bond acceptors (Lipinski definition) is 4. The molecule has 0 amide bonds. The lowest BCUT2D eigenvalue weighted by atomic mass is 10.1. The Labute approximate surface area is 114 Å². The summed E-state index contributed by atoms with van der Waals surface area (Å²) in [5.41, 5.74) is 2.18. The van der Waals surface area contributed by atoms with Gasteiger partial charge in [0.1, 0.15) is 23.0 Å². The number of amidine groups is 1. The first-order valence-electron chi connectivity index (χ1n) is 6.89. The van der Waals surface area contributed by atoms with Crippen LogP contribution in [0.3, 0.4) is 0 Å². The topological polar surface area (TPSA) is 34.1 Å². The van der Waals surface area contributed by atoms with Gasteiger partial charge in [0.25, 0.3) is 0 Å². The number of aliphatic imine (C=N–C) groups is 1. The summed E-state index contributed by atoms with van der Waals surface area (Å²) in [5, 5.41) is 0. The first-order valence-corrected chi connectivity index (χ1v) is 6.89. The van der Waals surface area contributed by atoms with Crippen LogP contribution in [0.4, 0.5) is 5.69 Å². The Morgan fingerprint density at radius 1 is 1.11 bits per heavy atom. The van der Waals surface area contributed by atoms with Crippen molar-refractivity contribution in [3.8, 4) is 11.5 Å². The summed E-state index contributed by atoms with van der Waals surface area (Å²) in [4.78, 5) is 7.23. The van der Waals surface area contributed by atoms with Gasteiger partial charge in [-0.05, 0) is 18.9 Å². The lowest BCUT2D eigenvalue weighted by Gasteiger charge is -2.30. The van der Waals surface area contributed by atoms with E-state index in [2.05, 4.69) is 11.0 Å². The molecule has 0 spiro atoms. The van der Waals surface area contributed by atoms with Crippen LogP contribution >= 0.6 is 0 Å². The summed E-state index contributed by atoms with van der Waals surface area (Å²) in [6.45, 7) is 2.03. The molecular weight excluding hydrogens is 240 g/mol. The number of ether oxygens (including phenoxy) is 2. The van der Waals surface area contributed by atoms with Crippen LogP contribution in [0, 0.1) is 0 Å². The smallest absolute Gasteiger partial charge is 0.148 e. The summed E-state index contributed by atoms with van der Waals surface area (Å²) >= 11 is 0. The molecule has 19 heavy (non-hydrogen) atoms. The van der Waals surface area contributed by atoms with Gasteiger partial charge in [0.05, 0.1) is 14.2 Å². The lowest BCUT2D eigenvalue weighted by Crippen LogP contribution is -2.32. The molecule has 4 nitrogen and oxygen atoms in total. The number of rotatable bonds is 2. The molecule has 2 heterocycles. The molecule has 102 valence electrons. The van der Waals surface area contributed by atoms with Gasteiger partial charge in [-0.25, -0.2) is 4.99 Å². The zero-order valence-corrected chi connectivity index (χ0v) is 11.6. The van der Waals surface area contributed by atoms with Crippen LogP contribution in [0.5, 0.6) is 11.5 Å². The summed E-state index contributed by atoms with van der Waals surface area (Å²) in [5.74, 6) is 2.86. The Balaban J connectivity index is 2.04. The highest BCUT2D eigenvalue weighted by Crippen LogP contribution is 2.40. The van der Waals surface area contributed by atoms with Crippen molar-refractivity contribution in [1.29, 1.82) is 0 Å². The third-order valence-corrected chi connectivity index (χ3v) is 3.88. The maximum absolute atomic E-state index is 5.46. The fourth-order valence-electron chi connectivity index (χ4n) is 2.84. The zero-order valence-electron chi connectivity index (χ0n) is 11.6. The number of hydrogen-bond donors (Lipinski definition) is 0. The van der Waals surface area contributed by atoms with Crippen LogP contribution in [-0.2, 0) is 6.54 Å². The Bertz CT molecular complexity index is 511. The Kier molecular flexibility index (Phi) is 3.32. The number of methoxy groups -OCH3 is 2. The normalized spacial score (nSPS) is 18.0. The van der Waals surface area contributed by atoms with Gasteiger partial charge in [0.15, 0.2) is 0 Å². The number of fused-ring (bicyclic) bond motifs is 2. The minimum Gasteiger partial charge on any atom is -0.497 e. The quantitative estimate of drug-likeness (QED) is 0.819. The monoisotopic (exact) mass is 260 g/mol. The van der Waals surface area contributed by atoms with Gasteiger partial charge in [0.2, 0.25) is 0 Å². The van der Waals surface area contributed by atoms with E-state index < -0.39 is 0 Å². The average molecular weight is 260 g/mol. The van der Waals surface area contributed by atoms with Gasteiger partial charge in [-0.2, -0.15) is 0 Å². The molecule has 1 saturated heterocycles. The average Bonchev–Trinajstić information content (AvgIpc) is 2.68. The first-order chi connectivity index (χ1) is 9.31. The van der Waals surface area contributed by atoms with E-state index in [-0.39, 0.29) is 0 Å². The van der Waals surface area contributed by atoms with Gasteiger partial charge >= 0.3 is 0 Å². The standard InChI is InChI=1S/C15H20N2O2/c1-18-12-8-11-10-17-7-5-3-4-6-14(17)16-15(11)13(9-12)19-2/h8-9H,3-7,10H2,1-2H3. The van der Waals surface area contributed by atoms with Gasteiger partial charge < -0.3 is 14.4 Å². The van der Waals surface area contributed by atoms with Crippen molar-refractivity contribution in [3.05, 3.63) is 17.7 Å². The van der Waals surface area contributed by atoms with Gasteiger partial charge in [-0.15, -0.1) is 0 Å². The fourth-order valence-corrected chi connectivity index (χ4v) is 2.84. The SMILES string of the molecule is COc1cc2c(c(OC)c1)N=C1CCCCCN1C2. The van der Waals surface area contributed by atoms with Gasteiger partial charge in [-0.3, -0.25) is 0 Å². The van der Waals surface area contributed by atoms with Crippen molar-refractivity contribution in [2.75, 3.05) is 20.8 Å². The minimum absolute atomic E-state index is 0.811. The molecule has 1 fully saturated rings. The summed E-state index contributed by atoms with van der Waals surface area (Å²) < 4.78 is 10.8. The fraction of sp³-hybridized carbons (Fsp3) is 0.533. The number of nitrogens with zero attached hydrogens (tertiary/aromatic N) is 2. The Morgan fingerprint density at radius 3 is 2.79 bits per heavy atom. The molecule has 0 radical (unpaired) electrons. The van der Waals surface area contributed by atoms with E-state index in [1.165, 1.54) is 30.7 Å². The van der Waals surface area contributed by atoms with E-state index >= 15 is 0 Å². The third kappa shape index (κ3) is 2.27. The number of benzene rings is 1. The van der Waals surface area contributed by atoms with Gasteiger partial charge in [-0.1, -0.05) is 6.42 Å². The largest absolute Gasteiger partial charge is 0.497 e. The highest BCUT2D eigenvalue weighted by molar-refractivity contribution is 5.88. The first kappa shape index (κ1) is 12.3. The van der Waals surface area contributed by atoms with Crippen molar-refractivity contribution in [1.82, 2.24) is 4.90 Å². The Morgan fingerprint density at radius 2 is 2.00 bits per heavy atom. The molecule has 1 aromatic rings. The highest BCUT2D eigenvalue weighted by Gasteiger charge is 2.24. The van der Waals surface area contributed by atoms with Crippen molar-refractivity contribution in [3.63, 3.8) is 0 Å². The second-order valence-corrected chi connectivity index (χ2v) is 5.10. The molecule has 0 atom stereocenters. The minimum atomic E-state index is 0.811. The maximum atomic E-state index is 5.46. The third-order valence-electron chi connectivity index (χ3n) is 3.88. The Hall–Kier alpha value is -1.71. The highest BCUT2D eigenvalue weighted by atomic mass is 16.5. The molecule has 0 aliphatic carbocycles. The molecule has 0 aromatic heterocycles. The summed E-state index contributed by atoms with van der Waals surface area (Å²) in [7, 11) is 3.37. The summed E-state index contributed by atoms with van der Waals surface area (Å²) in [6.07, 6.45) is 4.87. The molecule has 0 unspecified atom stereocenters. The maximum Gasteiger partial charge on any atom is 0.148 e. The molecule has 2 aliphatic heterocycles. The van der Waals surface area contributed by atoms with Gasteiger partial charge in [0, 0.05) is 31.1 Å². The van der Waals surface area contributed by atoms with Crippen molar-refractivity contribution < 1.29 is 9.47 Å². The van der Waals surface area contributed by atoms with E-state index in [9.17, 15) is 0 Å². The molecule has 0 saturated carbocycles. The van der Waals surface area contributed by atoms with E-state index in [1.54, 1.807) is 14.2 Å². The molecule has 1 aromatic carbocycles. The van der Waals surface area contributed by atoms with Crippen LogP contribution in [0.15, 0.2) is 17.1 Å². The van der Waals surface area contributed by atoms with Crippen LogP contribution < -0.4 is 9.47 Å². The van der Waals surface area contributed by atoms with Crippen molar-refractivity contribution in [2.24, 2.45) is 4.99 Å². The second kappa shape index (κ2) is 5.11. The predicted molar refractivity (Wildman–Crippen MR) is 75.5 cm³/mol. The lowest BCUT2D eigenvalue weighted by molar-refractivity contribution is 0.380. The molecular formula is C15H20N2O2. The van der Waals surface area contributed by atoms with Crippen LogP contribution in [0.25, 0.3) is 0 Å². The van der Waals surface area contributed by atoms with Crippen LogP contribution in [0.2, 0.25) is 0 Å². The molecule has 0 bridgehead atoms. The van der Waals surface area contributed by atoms with E-state index in [4.69, 9.17) is 14.5 Å². The van der Waals surface area contributed by atoms with E-state index in [1.807, 2.05) is 6.07 Å². The molecule has 0 N–H and O–H groups in total.